The Labute approximate surface area is 112 Å². The van der Waals surface area contributed by atoms with Crippen LogP contribution in [0, 0.1) is 19.3 Å². The van der Waals surface area contributed by atoms with Crippen LogP contribution in [0.5, 0.6) is 0 Å². The topological polar surface area (TPSA) is 26.0 Å². The third-order valence-corrected chi connectivity index (χ3v) is 4.46. The van der Waals surface area contributed by atoms with E-state index in [1.54, 1.807) is 0 Å². The van der Waals surface area contributed by atoms with Crippen LogP contribution in [0.2, 0.25) is 0 Å². The molecule has 1 nitrogen and oxygen atoms in total. The lowest BCUT2D eigenvalue weighted by molar-refractivity contribution is 0.252. The van der Waals surface area contributed by atoms with Gasteiger partial charge < -0.3 is 5.73 Å². The van der Waals surface area contributed by atoms with E-state index in [4.69, 9.17) is 5.73 Å². The Hall–Kier alpha value is -0.820. The Bertz CT molecular complexity index is 366. The summed E-state index contributed by atoms with van der Waals surface area (Å²) in [5, 5.41) is 0. The number of rotatable bonds is 3. The Balaban J connectivity index is 2.17. The first-order valence-electron chi connectivity index (χ1n) is 7.41. The molecule has 2 N–H and O–H groups in total. The fraction of sp³-hybridized carbons (Fsp3) is 0.647. The lowest BCUT2D eigenvalue weighted by Gasteiger charge is -2.32. The van der Waals surface area contributed by atoms with Crippen molar-refractivity contribution in [2.24, 2.45) is 11.1 Å². The number of nitrogens with two attached hydrogens (primary N) is 1. The van der Waals surface area contributed by atoms with E-state index in [0.717, 1.165) is 6.54 Å². The van der Waals surface area contributed by atoms with E-state index in [2.05, 4.69) is 32.0 Å². The van der Waals surface area contributed by atoms with Gasteiger partial charge in [-0.1, -0.05) is 55.0 Å². The summed E-state index contributed by atoms with van der Waals surface area (Å²) in [5.74, 6) is 0. The van der Waals surface area contributed by atoms with Crippen molar-refractivity contribution in [1.82, 2.24) is 0 Å². The summed E-state index contributed by atoms with van der Waals surface area (Å²) in [6.07, 6.45) is 9.33. The van der Waals surface area contributed by atoms with Gasteiger partial charge in [0.2, 0.25) is 0 Å². The molecular weight excluding hydrogens is 218 g/mol. The van der Waals surface area contributed by atoms with Crippen LogP contribution in [0.25, 0.3) is 0 Å². The second kappa shape index (κ2) is 5.88. The van der Waals surface area contributed by atoms with Crippen LogP contribution in [-0.2, 0) is 6.42 Å². The first-order valence-corrected chi connectivity index (χ1v) is 7.41. The molecule has 0 aromatic heterocycles. The first kappa shape index (κ1) is 13.6. The van der Waals surface area contributed by atoms with Crippen molar-refractivity contribution in [2.45, 2.75) is 58.8 Å². The van der Waals surface area contributed by atoms with Crippen molar-refractivity contribution in [1.29, 1.82) is 0 Å². The van der Waals surface area contributed by atoms with Crippen LogP contribution >= 0.6 is 0 Å². The zero-order chi connectivity index (χ0) is 13.0. The summed E-state index contributed by atoms with van der Waals surface area (Å²) in [4.78, 5) is 0. The number of hydrogen-bond acceptors (Lipinski definition) is 1. The molecule has 0 saturated heterocycles. The third-order valence-electron chi connectivity index (χ3n) is 4.46. The highest BCUT2D eigenvalue weighted by Crippen LogP contribution is 2.37. The maximum atomic E-state index is 6.13. The Morgan fingerprint density at radius 2 is 1.50 bits per heavy atom. The molecular formula is C17H27N. The van der Waals surface area contributed by atoms with Gasteiger partial charge in [0.1, 0.15) is 0 Å². The molecule has 1 fully saturated rings. The number of benzene rings is 1. The average Bonchev–Trinajstić information content (AvgIpc) is 2.54. The Morgan fingerprint density at radius 3 is 2.00 bits per heavy atom. The second-order valence-corrected chi connectivity index (χ2v) is 6.29. The predicted molar refractivity (Wildman–Crippen MR) is 78.8 cm³/mol. The summed E-state index contributed by atoms with van der Waals surface area (Å²) in [6.45, 7) is 5.23. The summed E-state index contributed by atoms with van der Waals surface area (Å²) in [6, 6.07) is 6.94. The molecule has 0 heterocycles. The largest absolute Gasteiger partial charge is 0.330 e. The molecule has 1 aromatic carbocycles. The van der Waals surface area contributed by atoms with Gasteiger partial charge in [0.15, 0.2) is 0 Å². The average molecular weight is 245 g/mol. The monoisotopic (exact) mass is 245 g/mol. The van der Waals surface area contributed by atoms with Gasteiger partial charge in [-0.15, -0.1) is 0 Å². The highest BCUT2D eigenvalue weighted by molar-refractivity contribution is 5.29. The standard InChI is InChI=1S/C17H27N/c1-14-9-15(2)11-16(10-14)12-17(13-18)7-5-3-4-6-8-17/h9-11H,3-8,12-13,18H2,1-2H3. The van der Waals surface area contributed by atoms with E-state index in [1.807, 2.05) is 0 Å². The van der Waals surface area contributed by atoms with Crippen LogP contribution in [0.3, 0.4) is 0 Å². The molecule has 0 bridgehead atoms. The highest BCUT2D eigenvalue weighted by atomic mass is 14.6. The molecule has 1 aliphatic rings. The maximum absolute atomic E-state index is 6.13. The number of aryl methyl sites for hydroxylation is 2. The zero-order valence-corrected chi connectivity index (χ0v) is 12.0. The second-order valence-electron chi connectivity index (χ2n) is 6.29. The maximum Gasteiger partial charge on any atom is -0.00173 e. The molecule has 0 atom stereocenters. The lowest BCUT2D eigenvalue weighted by atomic mass is 9.75. The minimum absolute atomic E-state index is 0.372. The van der Waals surface area contributed by atoms with Crippen LogP contribution in [0.1, 0.15) is 55.2 Å². The minimum Gasteiger partial charge on any atom is -0.330 e. The molecule has 1 heteroatoms. The van der Waals surface area contributed by atoms with Crippen molar-refractivity contribution >= 4 is 0 Å². The van der Waals surface area contributed by atoms with Gasteiger partial charge in [-0.3, -0.25) is 0 Å². The number of hydrogen-bond donors (Lipinski definition) is 1. The van der Waals surface area contributed by atoms with Crippen molar-refractivity contribution in [2.75, 3.05) is 6.54 Å². The van der Waals surface area contributed by atoms with Crippen LogP contribution < -0.4 is 5.73 Å². The van der Waals surface area contributed by atoms with E-state index in [0.29, 0.717) is 5.41 Å². The molecule has 0 spiro atoms. The van der Waals surface area contributed by atoms with E-state index in [1.165, 1.54) is 61.6 Å². The molecule has 1 aliphatic carbocycles. The van der Waals surface area contributed by atoms with Crippen molar-refractivity contribution < 1.29 is 0 Å². The summed E-state index contributed by atoms with van der Waals surface area (Å²) in [7, 11) is 0. The fourth-order valence-corrected chi connectivity index (χ4v) is 3.54. The van der Waals surface area contributed by atoms with Gasteiger partial charge in [-0.2, -0.15) is 0 Å². The molecule has 2 rings (SSSR count). The van der Waals surface area contributed by atoms with Crippen LogP contribution in [0.4, 0.5) is 0 Å². The van der Waals surface area contributed by atoms with E-state index >= 15 is 0 Å². The van der Waals surface area contributed by atoms with Crippen LogP contribution in [-0.4, -0.2) is 6.54 Å². The lowest BCUT2D eigenvalue weighted by Crippen LogP contribution is -2.32. The van der Waals surface area contributed by atoms with Crippen molar-refractivity contribution in [3.05, 3.63) is 34.9 Å². The minimum atomic E-state index is 0.372. The first-order chi connectivity index (χ1) is 8.63. The van der Waals surface area contributed by atoms with E-state index in [-0.39, 0.29) is 0 Å². The molecule has 18 heavy (non-hydrogen) atoms. The van der Waals surface area contributed by atoms with Crippen molar-refractivity contribution in [3.8, 4) is 0 Å². The Morgan fingerprint density at radius 1 is 0.944 bits per heavy atom. The fourth-order valence-electron chi connectivity index (χ4n) is 3.54. The van der Waals surface area contributed by atoms with Gasteiger partial charge in [-0.25, -0.2) is 0 Å². The molecule has 0 unspecified atom stereocenters. The summed E-state index contributed by atoms with van der Waals surface area (Å²) in [5.41, 5.74) is 10.8. The Kier molecular flexibility index (Phi) is 4.45. The quantitative estimate of drug-likeness (QED) is 0.796. The van der Waals surface area contributed by atoms with Gasteiger partial charge >= 0.3 is 0 Å². The summed E-state index contributed by atoms with van der Waals surface area (Å²) >= 11 is 0. The molecule has 1 aromatic rings. The van der Waals surface area contributed by atoms with Gasteiger partial charge in [0.05, 0.1) is 0 Å². The van der Waals surface area contributed by atoms with Gasteiger partial charge in [0.25, 0.3) is 0 Å². The molecule has 1 saturated carbocycles. The summed E-state index contributed by atoms with van der Waals surface area (Å²) < 4.78 is 0. The molecule has 0 amide bonds. The molecule has 0 aliphatic heterocycles. The zero-order valence-electron chi connectivity index (χ0n) is 12.0. The SMILES string of the molecule is Cc1cc(C)cc(CC2(CN)CCCCCC2)c1. The molecule has 100 valence electrons. The highest BCUT2D eigenvalue weighted by Gasteiger charge is 2.29. The molecule has 0 radical (unpaired) electrons. The normalized spacial score (nSPS) is 19.5. The van der Waals surface area contributed by atoms with Crippen LogP contribution in [0.15, 0.2) is 18.2 Å². The third kappa shape index (κ3) is 3.35. The van der Waals surface area contributed by atoms with E-state index in [9.17, 15) is 0 Å². The smallest absolute Gasteiger partial charge is 0.00173 e. The predicted octanol–water partition coefficient (Wildman–Crippen LogP) is 4.15. The van der Waals surface area contributed by atoms with Crippen molar-refractivity contribution in [3.63, 3.8) is 0 Å². The van der Waals surface area contributed by atoms with Gasteiger partial charge in [-0.05, 0) is 50.6 Å². The van der Waals surface area contributed by atoms with Gasteiger partial charge in [0, 0.05) is 0 Å². The van der Waals surface area contributed by atoms with E-state index < -0.39 is 0 Å².